The number of alkyl halides is 1. The molecule has 112 valence electrons. The van der Waals surface area contributed by atoms with E-state index in [1.54, 1.807) is 0 Å². The van der Waals surface area contributed by atoms with Gasteiger partial charge in [0.1, 0.15) is 0 Å². The Bertz CT molecular complexity index is 612. The van der Waals surface area contributed by atoms with E-state index in [0.717, 1.165) is 0 Å². The lowest BCUT2D eigenvalue weighted by Gasteiger charge is -2.26. The molecule has 0 N–H and O–H groups in total. The van der Waals surface area contributed by atoms with Crippen LogP contribution in [-0.4, -0.2) is 0 Å². The van der Waals surface area contributed by atoms with Gasteiger partial charge in [-0.3, -0.25) is 0 Å². The number of halogens is 1. The highest BCUT2D eigenvalue weighted by atomic mass is 79.9. The minimum Gasteiger partial charge on any atom is -0.0832 e. The predicted octanol–water partition coefficient (Wildman–Crippen LogP) is 6.47. The Hall–Kier alpha value is -1.08. The largest absolute Gasteiger partial charge is 0.0832 e. The van der Waals surface area contributed by atoms with Crippen LogP contribution >= 0.6 is 15.9 Å². The molecule has 2 aromatic rings. The monoisotopic (exact) mass is 344 g/mol. The quantitative estimate of drug-likeness (QED) is 0.559. The van der Waals surface area contributed by atoms with Crippen LogP contribution in [-0.2, 0) is 0 Å². The van der Waals surface area contributed by atoms with E-state index in [-0.39, 0.29) is 0 Å². The Kier molecular flexibility index (Phi) is 4.93. The van der Waals surface area contributed by atoms with Gasteiger partial charge in [-0.25, -0.2) is 0 Å². The highest BCUT2D eigenvalue weighted by molar-refractivity contribution is 9.09. The topological polar surface area (TPSA) is 0 Å². The first kappa shape index (κ1) is 16.3. The van der Waals surface area contributed by atoms with Gasteiger partial charge in [0.15, 0.2) is 0 Å². The molecule has 0 aliphatic heterocycles. The average Bonchev–Trinajstić information content (AvgIpc) is 2.51. The van der Waals surface area contributed by atoms with Crippen molar-refractivity contribution in [3.8, 4) is 0 Å². The van der Waals surface area contributed by atoms with Crippen molar-refractivity contribution in [3.05, 3.63) is 69.3 Å². The van der Waals surface area contributed by atoms with Crippen LogP contribution in [0.4, 0.5) is 0 Å². The second kappa shape index (κ2) is 6.36. The van der Waals surface area contributed by atoms with Crippen LogP contribution in [0.5, 0.6) is 0 Å². The Labute approximate surface area is 137 Å². The fourth-order valence-electron chi connectivity index (χ4n) is 3.12. The first-order valence-electron chi connectivity index (χ1n) is 7.62. The van der Waals surface area contributed by atoms with E-state index in [1.165, 1.54) is 38.9 Å². The molecule has 0 nitrogen and oxygen atoms in total. The molecular weight excluding hydrogens is 320 g/mol. The summed E-state index contributed by atoms with van der Waals surface area (Å²) in [5.41, 5.74) is 10.00. The van der Waals surface area contributed by atoms with E-state index in [4.69, 9.17) is 0 Å². The van der Waals surface area contributed by atoms with E-state index < -0.39 is 0 Å². The van der Waals surface area contributed by atoms with Crippen molar-refractivity contribution in [2.45, 2.75) is 52.3 Å². The summed E-state index contributed by atoms with van der Waals surface area (Å²) in [7, 11) is 0. The molecule has 0 amide bonds. The molecule has 1 heteroatoms. The van der Waals surface area contributed by atoms with E-state index in [1.807, 2.05) is 0 Å². The van der Waals surface area contributed by atoms with Crippen LogP contribution in [0.1, 0.15) is 56.6 Å². The van der Waals surface area contributed by atoms with E-state index >= 15 is 0 Å². The highest BCUT2D eigenvalue weighted by Crippen LogP contribution is 2.42. The fourth-order valence-corrected chi connectivity index (χ4v) is 4.11. The van der Waals surface area contributed by atoms with Crippen molar-refractivity contribution in [1.29, 1.82) is 0 Å². The first-order chi connectivity index (χ1) is 9.86. The SMILES string of the molecule is Cc1c(C)c(C)c(C(Br)C(C)c2ccccc2)c(C)c1C. The Morgan fingerprint density at radius 3 is 1.62 bits per heavy atom. The van der Waals surface area contributed by atoms with Crippen molar-refractivity contribution < 1.29 is 0 Å². The van der Waals surface area contributed by atoms with Crippen LogP contribution in [0.25, 0.3) is 0 Å². The van der Waals surface area contributed by atoms with Gasteiger partial charge in [-0.2, -0.15) is 0 Å². The van der Waals surface area contributed by atoms with E-state index in [2.05, 4.69) is 87.8 Å². The van der Waals surface area contributed by atoms with Gasteiger partial charge in [0.2, 0.25) is 0 Å². The van der Waals surface area contributed by atoms with Crippen LogP contribution < -0.4 is 0 Å². The third-order valence-electron chi connectivity index (χ3n) is 5.10. The van der Waals surface area contributed by atoms with Gasteiger partial charge in [-0.05, 0) is 79.5 Å². The standard InChI is InChI=1S/C20H25Br/c1-12-13(2)15(4)19(16(5)14(12)3)20(21)17(6)18-10-8-7-9-11-18/h7-11,17,20H,1-6H3. The molecule has 2 rings (SSSR count). The summed E-state index contributed by atoms with van der Waals surface area (Å²) in [4.78, 5) is 0.345. The lowest BCUT2D eigenvalue weighted by molar-refractivity contribution is 0.741. The van der Waals surface area contributed by atoms with Gasteiger partial charge < -0.3 is 0 Å². The van der Waals surface area contributed by atoms with Crippen molar-refractivity contribution in [2.75, 3.05) is 0 Å². The lowest BCUT2D eigenvalue weighted by Crippen LogP contribution is -2.09. The fraction of sp³-hybridized carbons (Fsp3) is 0.400. The van der Waals surface area contributed by atoms with E-state index in [0.29, 0.717) is 10.7 Å². The molecule has 0 aliphatic rings. The predicted molar refractivity (Wildman–Crippen MR) is 96.7 cm³/mol. The molecule has 0 radical (unpaired) electrons. The molecule has 21 heavy (non-hydrogen) atoms. The molecule has 0 saturated carbocycles. The summed E-state index contributed by atoms with van der Waals surface area (Å²) in [5.74, 6) is 0.449. The molecule has 2 unspecified atom stereocenters. The summed E-state index contributed by atoms with van der Waals surface area (Å²) in [5, 5.41) is 0. The minimum absolute atomic E-state index is 0.345. The van der Waals surface area contributed by atoms with Gasteiger partial charge in [0.05, 0.1) is 0 Å². The number of benzene rings is 2. The van der Waals surface area contributed by atoms with Gasteiger partial charge in [-0.15, -0.1) is 0 Å². The summed E-state index contributed by atoms with van der Waals surface area (Å²) in [6, 6.07) is 10.8. The zero-order valence-electron chi connectivity index (χ0n) is 13.9. The molecule has 0 heterocycles. The maximum absolute atomic E-state index is 3.98. The first-order valence-corrected chi connectivity index (χ1v) is 8.53. The smallest absolute Gasteiger partial charge is 0.0466 e. The molecule has 0 saturated heterocycles. The Morgan fingerprint density at radius 1 is 0.714 bits per heavy atom. The van der Waals surface area contributed by atoms with Crippen molar-refractivity contribution in [1.82, 2.24) is 0 Å². The van der Waals surface area contributed by atoms with Crippen LogP contribution in [0.2, 0.25) is 0 Å². The molecule has 0 aliphatic carbocycles. The lowest BCUT2D eigenvalue weighted by atomic mass is 9.84. The maximum atomic E-state index is 3.98. The zero-order valence-corrected chi connectivity index (χ0v) is 15.5. The van der Waals surface area contributed by atoms with Gasteiger partial charge in [0.25, 0.3) is 0 Å². The van der Waals surface area contributed by atoms with Crippen molar-refractivity contribution in [2.24, 2.45) is 0 Å². The number of hydrogen-bond donors (Lipinski definition) is 0. The normalized spacial score (nSPS) is 14.0. The Balaban J connectivity index is 2.52. The molecule has 0 spiro atoms. The van der Waals surface area contributed by atoms with Gasteiger partial charge >= 0.3 is 0 Å². The molecule has 2 atom stereocenters. The molecule has 0 fully saturated rings. The third-order valence-corrected chi connectivity index (χ3v) is 6.35. The Morgan fingerprint density at radius 2 is 1.14 bits per heavy atom. The minimum atomic E-state index is 0.345. The molecule has 2 aromatic carbocycles. The van der Waals surface area contributed by atoms with Crippen molar-refractivity contribution in [3.63, 3.8) is 0 Å². The summed E-state index contributed by atoms with van der Waals surface area (Å²) in [6.45, 7) is 13.5. The second-order valence-electron chi connectivity index (χ2n) is 6.14. The summed E-state index contributed by atoms with van der Waals surface area (Å²) < 4.78 is 0. The van der Waals surface area contributed by atoms with Crippen LogP contribution in [0.3, 0.4) is 0 Å². The van der Waals surface area contributed by atoms with E-state index in [9.17, 15) is 0 Å². The second-order valence-corrected chi connectivity index (χ2v) is 7.13. The van der Waals surface area contributed by atoms with Gasteiger partial charge in [-0.1, -0.05) is 53.2 Å². The van der Waals surface area contributed by atoms with Crippen molar-refractivity contribution >= 4 is 15.9 Å². The molecule has 0 bridgehead atoms. The third kappa shape index (κ3) is 2.94. The van der Waals surface area contributed by atoms with Crippen LogP contribution in [0, 0.1) is 34.6 Å². The molecular formula is C20H25Br. The maximum Gasteiger partial charge on any atom is 0.0466 e. The van der Waals surface area contributed by atoms with Crippen LogP contribution in [0.15, 0.2) is 30.3 Å². The number of rotatable bonds is 3. The molecule has 0 aromatic heterocycles. The summed E-state index contributed by atoms with van der Waals surface area (Å²) >= 11 is 3.98. The number of hydrogen-bond acceptors (Lipinski definition) is 0. The summed E-state index contributed by atoms with van der Waals surface area (Å²) in [6.07, 6.45) is 0. The highest BCUT2D eigenvalue weighted by Gasteiger charge is 2.23. The average molecular weight is 345 g/mol. The van der Waals surface area contributed by atoms with Gasteiger partial charge in [0, 0.05) is 4.83 Å². The zero-order chi connectivity index (χ0) is 15.7.